The van der Waals surface area contributed by atoms with Gasteiger partial charge in [-0.05, 0) is 49.4 Å². The van der Waals surface area contributed by atoms with Crippen molar-refractivity contribution in [2.24, 2.45) is 34.0 Å². The first-order valence-corrected chi connectivity index (χ1v) is 11.4. The minimum atomic E-state index is -0.307. The Morgan fingerprint density at radius 3 is 2.11 bits per heavy atom. The van der Waals surface area contributed by atoms with Crippen LogP contribution in [0.1, 0.15) is 113 Å². The van der Waals surface area contributed by atoms with Crippen LogP contribution in [-0.4, -0.2) is 11.6 Å². The number of ketones is 2. The summed E-state index contributed by atoms with van der Waals surface area (Å²) in [7, 11) is 0. The molecule has 2 aliphatic carbocycles. The van der Waals surface area contributed by atoms with Crippen LogP contribution >= 0.6 is 0 Å². The molecule has 2 rings (SSSR count). The van der Waals surface area contributed by atoms with Crippen molar-refractivity contribution in [2.45, 2.75) is 113 Å². The third-order valence-corrected chi connectivity index (χ3v) is 6.92. The molecule has 0 aromatic carbocycles. The Balaban J connectivity index is 2.16. The maximum atomic E-state index is 13.3. The van der Waals surface area contributed by atoms with Crippen LogP contribution in [0.3, 0.4) is 0 Å². The van der Waals surface area contributed by atoms with Crippen molar-refractivity contribution in [3.8, 4) is 0 Å². The van der Waals surface area contributed by atoms with Gasteiger partial charge in [0.05, 0.1) is 0 Å². The Hall–Kier alpha value is -0.660. The zero-order chi connectivity index (χ0) is 20.5. The van der Waals surface area contributed by atoms with Crippen molar-refractivity contribution in [3.63, 3.8) is 0 Å². The van der Waals surface area contributed by atoms with E-state index < -0.39 is 0 Å². The molecule has 0 amide bonds. The number of hydrogen-bond acceptors (Lipinski definition) is 2. The lowest BCUT2D eigenvalue weighted by Crippen LogP contribution is -2.34. The molecule has 2 saturated carbocycles. The molecule has 0 aromatic heterocycles. The Kier molecular flexibility index (Phi) is 7.02. The quantitative estimate of drug-likeness (QED) is 0.520. The van der Waals surface area contributed by atoms with E-state index in [2.05, 4.69) is 27.7 Å². The van der Waals surface area contributed by atoms with E-state index in [1.54, 1.807) is 0 Å². The highest BCUT2D eigenvalue weighted by molar-refractivity contribution is 5.88. The average molecular weight is 377 g/mol. The highest BCUT2D eigenvalue weighted by atomic mass is 16.1. The molecule has 0 aromatic rings. The smallest absolute Gasteiger partial charge is 0.141 e. The molecule has 156 valence electrons. The second-order valence-corrected chi connectivity index (χ2v) is 12.2. The third-order valence-electron chi connectivity index (χ3n) is 6.92. The number of fused-ring (bicyclic) bond motifs is 1. The van der Waals surface area contributed by atoms with E-state index in [0.29, 0.717) is 18.0 Å². The van der Waals surface area contributed by atoms with Crippen molar-refractivity contribution in [3.05, 3.63) is 0 Å². The molecule has 2 aliphatic rings. The normalized spacial score (nSPS) is 34.0. The standard InChI is InChI=1S/C25H44O2/c1-23(2,3)17-25(7)15-9-12-20-16-19(20)11-8-10-18(13-14-21(25)26)22(27)24(4,5)6/h18-20H,8-17H2,1-7H3. The van der Waals surface area contributed by atoms with Gasteiger partial charge in [-0.1, -0.05) is 74.1 Å². The van der Waals surface area contributed by atoms with E-state index in [0.717, 1.165) is 43.9 Å². The first-order valence-electron chi connectivity index (χ1n) is 11.4. The second-order valence-electron chi connectivity index (χ2n) is 12.2. The number of hydrogen-bond donors (Lipinski definition) is 0. The summed E-state index contributed by atoms with van der Waals surface area (Å²) in [6, 6.07) is 0. The molecule has 0 bridgehead atoms. The van der Waals surface area contributed by atoms with Crippen LogP contribution in [0.4, 0.5) is 0 Å². The van der Waals surface area contributed by atoms with Gasteiger partial charge in [-0.25, -0.2) is 0 Å². The molecular formula is C25H44O2. The predicted octanol–water partition coefficient (Wildman–Crippen LogP) is 7.00. The first kappa shape index (κ1) is 22.6. The predicted molar refractivity (Wildman–Crippen MR) is 114 cm³/mol. The van der Waals surface area contributed by atoms with Gasteiger partial charge >= 0.3 is 0 Å². The highest BCUT2D eigenvalue weighted by Crippen LogP contribution is 2.48. The fourth-order valence-electron chi connectivity index (χ4n) is 5.52. The fraction of sp³-hybridized carbons (Fsp3) is 0.920. The Morgan fingerprint density at radius 2 is 1.56 bits per heavy atom. The molecule has 4 atom stereocenters. The highest BCUT2D eigenvalue weighted by Gasteiger charge is 2.40. The number of carbonyl (C=O) groups excluding carboxylic acids is 2. The number of rotatable bonds is 2. The zero-order valence-electron chi connectivity index (χ0n) is 19.1. The Bertz CT molecular complexity index is 534. The van der Waals surface area contributed by atoms with Crippen molar-refractivity contribution >= 4 is 11.6 Å². The van der Waals surface area contributed by atoms with E-state index in [1.807, 2.05) is 20.8 Å². The molecule has 0 N–H and O–H groups in total. The summed E-state index contributed by atoms with van der Waals surface area (Å²) in [5.41, 5.74) is -0.383. The lowest BCUT2D eigenvalue weighted by molar-refractivity contribution is -0.133. The van der Waals surface area contributed by atoms with Gasteiger partial charge in [0.2, 0.25) is 0 Å². The van der Waals surface area contributed by atoms with Crippen LogP contribution in [0.2, 0.25) is 0 Å². The molecule has 0 spiro atoms. The van der Waals surface area contributed by atoms with Gasteiger partial charge in [-0.2, -0.15) is 0 Å². The van der Waals surface area contributed by atoms with Crippen molar-refractivity contribution in [1.29, 1.82) is 0 Å². The Morgan fingerprint density at radius 1 is 0.963 bits per heavy atom. The van der Waals surface area contributed by atoms with Crippen molar-refractivity contribution < 1.29 is 9.59 Å². The molecule has 4 unspecified atom stereocenters. The van der Waals surface area contributed by atoms with Crippen LogP contribution in [0.5, 0.6) is 0 Å². The van der Waals surface area contributed by atoms with Gasteiger partial charge in [-0.15, -0.1) is 0 Å². The fourth-order valence-corrected chi connectivity index (χ4v) is 5.52. The molecule has 2 fully saturated rings. The van der Waals surface area contributed by atoms with Gasteiger partial charge < -0.3 is 0 Å². The molecule has 27 heavy (non-hydrogen) atoms. The maximum Gasteiger partial charge on any atom is 0.141 e. The summed E-state index contributed by atoms with van der Waals surface area (Å²) in [6.45, 7) is 15.0. The third kappa shape index (κ3) is 6.71. The number of carbonyl (C=O) groups is 2. The largest absolute Gasteiger partial charge is 0.299 e. The van der Waals surface area contributed by atoms with Crippen LogP contribution in [-0.2, 0) is 9.59 Å². The topological polar surface area (TPSA) is 34.1 Å². The lowest BCUT2D eigenvalue weighted by atomic mass is 9.68. The molecule has 0 aliphatic heterocycles. The van der Waals surface area contributed by atoms with Crippen LogP contribution < -0.4 is 0 Å². The van der Waals surface area contributed by atoms with Crippen molar-refractivity contribution in [2.75, 3.05) is 0 Å². The van der Waals surface area contributed by atoms with Gasteiger partial charge in [0.15, 0.2) is 0 Å². The summed E-state index contributed by atoms with van der Waals surface area (Å²) in [5.74, 6) is 2.59. The minimum Gasteiger partial charge on any atom is -0.299 e. The summed E-state index contributed by atoms with van der Waals surface area (Å²) in [5, 5.41) is 0. The summed E-state index contributed by atoms with van der Waals surface area (Å²) in [4.78, 5) is 26.3. The van der Waals surface area contributed by atoms with Gasteiger partial charge in [0, 0.05) is 23.2 Å². The van der Waals surface area contributed by atoms with E-state index in [-0.39, 0.29) is 22.2 Å². The monoisotopic (exact) mass is 376 g/mol. The first-order chi connectivity index (χ1) is 12.3. The van der Waals surface area contributed by atoms with Gasteiger partial charge in [0.1, 0.15) is 11.6 Å². The van der Waals surface area contributed by atoms with Crippen molar-refractivity contribution in [1.82, 2.24) is 0 Å². The maximum absolute atomic E-state index is 13.3. The van der Waals surface area contributed by atoms with Crippen LogP contribution in [0.15, 0.2) is 0 Å². The van der Waals surface area contributed by atoms with E-state index in [1.165, 1.54) is 25.7 Å². The van der Waals surface area contributed by atoms with E-state index >= 15 is 0 Å². The van der Waals surface area contributed by atoms with E-state index in [4.69, 9.17) is 0 Å². The minimum absolute atomic E-state index is 0.0609. The summed E-state index contributed by atoms with van der Waals surface area (Å²) >= 11 is 0. The second kappa shape index (κ2) is 8.37. The summed E-state index contributed by atoms with van der Waals surface area (Å²) < 4.78 is 0. The van der Waals surface area contributed by atoms with Crippen LogP contribution in [0.25, 0.3) is 0 Å². The zero-order valence-corrected chi connectivity index (χ0v) is 19.1. The average Bonchev–Trinajstić information content (AvgIpc) is 3.24. The van der Waals surface area contributed by atoms with E-state index in [9.17, 15) is 9.59 Å². The lowest BCUT2D eigenvalue weighted by Gasteiger charge is -2.35. The SMILES string of the molecule is CC(C)(C)CC1(C)CCCC2CC2CCCC(C(=O)C(C)(C)C)CCC1=O. The molecule has 0 heterocycles. The molecule has 0 radical (unpaired) electrons. The molecule has 2 heteroatoms. The van der Waals surface area contributed by atoms with Gasteiger partial charge in [0.25, 0.3) is 0 Å². The van der Waals surface area contributed by atoms with Crippen LogP contribution in [0, 0.1) is 34.0 Å². The Labute approximate surface area is 168 Å². The number of Topliss-reactive ketones (excluding diaryl/α,β-unsaturated/α-hetero) is 2. The molecule has 0 saturated heterocycles. The summed E-state index contributed by atoms with van der Waals surface area (Å²) in [6.07, 6.45) is 10.6. The molecular weight excluding hydrogens is 332 g/mol. The van der Waals surface area contributed by atoms with Gasteiger partial charge in [-0.3, -0.25) is 9.59 Å². The molecule has 2 nitrogen and oxygen atoms in total.